The number of anilines is 1. The summed E-state index contributed by atoms with van der Waals surface area (Å²) >= 11 is 0. The molecule has 0 saturated carbocycles. The molecule has 2 aromatic rings. The van der Waals surface area contributed by atoms with Gasteiger partial charge in [-0.25, -0.2) is 0 Å². The number of pyridine rings is 1. The molecule has 3 nitrogen and oxygen atoms in total. The predicted octanol–water partition coefficient (Wildman–Crippen LogP) is 2.56. The first-order valence-electron chi connectivity index (χ1n) is 5.85. The second-order valence-electron chi connectivity index (χ2n) is 4.44. The van der Waals surface area contributed by atoms with Crippen molar-refractivity contribution < 1.29 is 5.11 Å². The summed E-state index contributed by atoms with van der Waals surface area (Å²) in [6, 6.07) is 6.30. The molecule has 0 unspecified atom stereocenters. The molecule has 17 heavy (non-hydrogen) atoms. The van der Waals surface area contributed by atoms with Crippen LogP contribution in [-0.2, 0) is 0 Å². The lowest BCUT2D eigenvalue weighted by molar-refractivity contribution is 0.311. The van der Waals surface area contributed by atoms with Crippen LogP contribution in [0.15, 0.2) is 18.2 Å². The summed E-state index contributed by atoms with van der Waals surface area (Å²) in [5.41, 5.74) is 5.50. The second-order valence-corrected chi connectivity index (χ2v) is 4.44. The number of benzene rings is 1. The minimum atomic E-state index is 0.133. The molecule has 0 aliphatic carbocycles. The monoisotopic (exact) mass is 230 g/mol. The third-order valence-electron chi connectivity index (χ3n) is 2.80. The summed E-state index contributed by atoms with van der Waals surface area (Å²) < 4.78 is 0. The average molecular weight is 230 g/mol. The SMILES string of the molecule is Cc1cc(C)c2nc(C)cc(NCCO)c2c1. The summed E-state index contributed by atoms with van der Waals surface area (Å²) in [7, 11) is 0. The van der Waals surface area contributed by atoms with Gasteiger partial charge in [0.15, 0.2) is 0 Å². The zero-order chi connectivity index (χ0) is 12.4. The smallest absolute Gasteiger partial charge is 0.0755 e. The van der Waals surface area contributed by atoms with E-state index in [0.29, 0.717) is 6.54 Å². The lowest BCUT2D eigenvalue weighted by atomic mass is 10.0. The maximum absolute atomic E-state index is 8.90. The molecule has 2 N–H and O–H groups in total. The van der Waals surface area contributed by atoms with Gasteiger partial charge in [-0.05, 0) is 38.5 Å². The van der Waals surface area contributed by atoms with Gasteiger partial charge in [0.1, 0.15) is 0 Å². The van der Waals surface area contributed by atoms with Crippen LogP contribution in [0, 0.1) is 20.8 Å². The van der Waals surface area contributed by atoms with Gasteiger partial charge in [0.2, 0.25) is 0 Å². The summed E-state index contributed by atoms with van der Waals surface area (Å²) in [5.74, 6) is 0. The van der Waals surface area contributed by atoms with E-state index in [-0.39, 0.29) is 6.61 Å². The van der Waals surface area contributed by atoms with Crippen LogP contribution in [0.2, 0.25) is 0 Å². The average Bonchev–Trinajstić information content (AvgIpc) is 2.27. The van der Waals surface area contributed by atoms with E-state index in [2.05, 4.69) is 36.3 Å². The standard InChI is InChI=1S/C14H18N2O/c1-9-6-10(2)14-12(7-9)13(15-4-5-17)8-11(3)16-14/h6-8,17H,4-5H2,1-3H3,(H,15,16). The Hall–Kier alpha value is -1.61. The lowest BCUT2D eigenvalue weighted by Gasteiger charge is -2.12. The van der Waals surface area contributed by atoms with Crippen molar-refractivity contribution in [2.24, 2.45) is 0 Å². The zero-order valence-electron chi connectivity index (χ0n) is 10.5. The maximum atomic E-state index is 8.90. The molecule has 0 fully saturated rings. The van der Waals surface area contributed by atoms with Gasteiger partial charge in [-0.15, -0.1) is 0 Å². The fourth-order valence-electron chi connectivity index (χ4n) is 2.15. The number of hydrogen-bond donors (Lipinski definition) is 2. The molecule has 0 amide bonds. The molecule has 1 heterocycles. The molecule has 2 rings (SSSR count). The number of aliphatic hydroxyl groups excluding tert-OH is 1. The fourth-order valence-corrected chi connectivity index (χ4v) is 2.15. The molecule has 90 valence electrons. The van der Waals surface area contributed by atoms with Crippen molar-refractivity contribution >= 4 is 16.6 Å². The summed E-state index contributed by atoms with van der Waals surface area (Å²) in [5, 5.41) is 13.3. The second kappa shape index (κ2) is 4.72. The molecular formula is C14H18N2O. The van der Waals surface area contributed by atoms with Crippen molar-refractivity contribution in [2.45, 2.75) is 20.8 Å². The molecule has 0 aliphatic heterocycles. The highest BCUT2D eigenvalue weighted by atomic mass is 16.3. The van der Waals surface area contributed by atoms with Crippen LogP contribution >= 0.6 is 0 Å². The van der Waals surface area contributed by atoms with Crippen LogP contribution in [0.5, 0.6) is 0 Å². The van der Waals surface area contributed by atoms with Crippen LogP contribution in [-0.4, -0.2) is 23.2 Å². The molecule has 3 heteroatoms. The van der Waals surface area contributed by atoms with Gasteiger partial charge in [-0.1, -0.05) is 11.6 Å². The van der Waals surface area contributed by atoms with E-state index >= 15 is 0 Å². The van der Waals surface area contributed by atoms with Crippen LogP contribution in [0.1, 0.15) is 16.8 Å². The Morgan fingerprint density at radius 2 is 1.94 bits per heavy atom. The Balaban J connectivity index is 2.64. The Bertz CT molecular complexity index is 549. The third kappa shape index (κ3) is 2.39. The Morgan fingerprint density at radius 3 is 2.65 bits per heavy atom. The highest BCUT2D eigenvalue weighted by Crippen LogP contribution is 2.26. The summed E-state index contributed by atoms with van der Waals surface area (Å²) in [4.78, 5) is 4.58. The van der Waals surface area contributed by atoms with Gasteiger partial charge in [0.05, 0.1) is 12.1 Å². The fraction of sp³-hybridized carbons (Fsp3) is 0.357. The van der Waals surface area contributed by atoms with E-state index in [1.807, 2.05) is 13.0 Å². The van der Waals surface area contributed by atoms with E-state index in [0.717, 1.165) is 22.3 Å². The lowest BCUT2D eigenvalue weighted by Crippen LogP contribution is -2.06. The Kier molecular flexibility index (Phi) is 3.29. The van der Waals surface area contributed by atoms with Gasteiger partial charge >= 0.3 is 0 Å². The number of aliphatic hydroxyl groups is 1. The van der Waals surface area contributed by atoms with Gasteiger partial charge in [0, 0.05) is 23.3 Å². The van der Waals surface area contributed by atoms with E-state index in [9.17, 15) is 0 Å². The minimum Gasteiger partial charge on any atom is -0.395 e. The molecule has 0 saturated heterocycles. The van der Waals surface area contributed by atoms with E-state index in [1.165, 1.54) is 11.1 Å². The Morgan fingerprint density at radius 1 is 1.18 bits per heavy atom. The molecule has 0 radical (unpaired) electrons. The number of fused-ring (bicyclic) bond motifs is 1. The van der Waals surface area contributed by atoms with Gasteiger partial charge in [-0.3, -0.25) is 4.98 Å². The molecule has 0 aliphatic rings. The molecule has 0 spiro atoms. The Labute approximate surface area is 102 Å². The van der Waals surface area contributed by atoms with Crippen molar-refractivity contribution in [3.63, 3.8) is 0 Å². The normalized spacial score (nSPS) is 10.8. The summed E-state index contributed by atoms with van der Waals surface area (Å²) in [6.07, 6.45) is 0. The molecule has 1 aromatic heterocycles. The van der Waals surface area contributed by atoms with Crippen LogP contribution in [0.3, 0.4) is 0 Å². The predicted molar refractivity (Wildman–Crippen MR) is 71.5 cm³/mol. The van der Waals surface area contributed by atoms with Crippen molar-refractivity contribution in [3.8, 4) is 0 Å². The van der Waals surface area contributed by atoms with Gasteiger partial charge in [-0.2, -0.15) is 0 Å². The van der Waals surface area contributed by atoms with Crippen LogP contribution in [0.25, 0.3) is 10.9 Å². The van der Waals surface area contributed by atoms with E-state index in [4.69, 9.17) is 5.11 Å². The largest absolute Gasteiger partial charge is 0.395 e. The number of aryl methyl sites for hydroxylation is 3. The quantitative estimate of drug-likeness (QED) is 0.851. The molecule has 0 bridgehead atoms. The van der Waals surface area contributed by atoms with Crippen molar-refractivity contribution in [1.82, 2.24) is 4.98 Å². The molecule has 1 aromatic carbocycles. The first-order valence-corrected chi connectivity index (χ1v) is 5.85. The van der Waals surface area contributed by atoms with Crippen LogP contribution < -0.4 is 5.32 Å². The van der Waals surface area contributed by atoms with E-state index < -0.39 is 0 Å². The molecule has 0 atom stereocenters. The van der Waals surface area contributed by atoms with Crippen molar-refractivity contribution in [3.05, 3.63) is 35.0 Å². The highest BCUT2D eigenvalue weighted by molar-refractivity contribution is 5.93. The third-order valence-corrected chi connectivity index (χ3v) is 2.80. The number of nitrogens with one attached hydrogen (secondary N) is 1. The van der Waals surface area contributed by atoms with Gasteiger partial charge in [0.25, 0.3) is 0 Å². The first kappa shape index (κ1) is 11.9. The van der Waals surface area contributed by atoms with Crippen LogP contribution in [0.4, 0.5) is 5.69 Å². The topological polar surface area (TPSA) is 45.2 Å². The number of rotatable bonds is 3. The minimum absolute atomic E-state index is 0.133. The summed E-state index contributed by atoms with van der Waals surface area (Å²) in [6.45, 7) is 6.85. The number of aromatic nitrogens is 1. The van der Waals surface area contributed by atoms with Gasteiger partial charge < -0.3 is 10.4 Å². The highest BCUT2D eigenvalue weighted by Gasteiger charge is 2.06. The maximum Gasteiger partial charge on any atom is 0.0755 e. The van der Waals surface area contributed by atoms with Crippen molar-refractivity contribution in [2.75, 3.05) is 18.5 Å². The van der Waals surface area contributed by atoms with E-state index in [1.54, 1.807) is 0 Å². The molecular weight excluding hydrogens is 212 g/mol. The number of nitrogens with zero attached hydrogens (tertiary/aromatic N) is 1. The number of hydrogen-bond acceptors (Lipinski definition) is 3. The first-order chi connectivity index (χ1) is 8.11. The zero-order valence-corrected chi connectivity index (χ0v) is 10.5. The van der Waals surface area contributed by atoms with Crippen molar-refractivity contribution in [1.29, 1.82) is 0 Å².